The molecule has 0 aliphatic carbocycles. The highest BCUT2D eigenvalue weighted by Gasteiger charge is 2.13. The predicted octanol–water partition coefficient (Wildman–Crippen LogP) is 3.73. The summed E-state index contributed by atoms with van der Waals surface area (Å²) in [4.78, 5) is 3.06. The quantitative estimate of drug-likeness (QED) is 0.809. The van der Waals surface area contributed by atoms with E-state index in [2.05, 4.69) is 48.3 Å². The van der Waals surface area contributed by atoms with Crippen molar-refractivity contribution in [3.8, 4) is 11.5 Å². The molecule has 1 aliphatic heterocycles. The molecule has 2 aromatic rings. The molecular weight excluding hydrogens is 320 g/mol. The van der Waals surface area contributed by atoms with Crippen LogP contribution in [0.1, 0.15) is 25.0 Å². The fourth-order valence-corrected chi connectivity index (χ4v) is 2.96. The Hall–Kier alpha value is -2.27. The van der Waals surface area contributed by atoms with Crippen LogP contribution in [0, 0.1) is 0 Å². The van der Waals surface area contributed by atoms with Gasteiger partial charge in [-0.15, -0.1) is 0 Å². The first-order chi connectivity index (χ1) is 11.7. The molecule has 0 atom stereocenters. The topological polar surface area (TPSA) is 33.7 Å². The van der Waals surface area contributed by atoms with Gasteiger partial charge in [0.15, 0.2) is 11.5 Å². The highest BCUT2D eigenvalue weighted by Crippen LogP contribution is 2.32. The summed E-state index contributed by atoms with van der Waals surface area (Å²) in [6.07, 6.45) is 0. The molecule has 0 aromatic heterocycles. The molecule has 1 heterocycles. The van der Waals surface area contributed by atoms with Crippen molar-refractivity contribution >= 4 is 22.9 Å². The van der Waals surface area contributed by atoms with Crippen molar-refractivity contribution in [2.75, 3.05) is 24.8 Å². The largest absolute Gasteiger partial charge is 0.454 e. The molecule has 4 nitrogen and oxygen atoms in total. The second-order valence-electron chi connectivity index (χ2n) is 5.59. The summed E-state index contributed by atoms with van der Waals surface area (Å²) < 4.78 is 10.7. The maximum atomic E-state index is 5.50. The summed E-state index contributed by atoms with van der Waals surface area (Å²) >= 11 is 5.50. The third kappa shape index (κ3) is 3.62. The van der Waals surface area contributed by atoms with Crippen molar-refractivity contribution in [2.24, 2.45) is 0 Å². The monoisotopic (exact) mass is 342 g/mol. The number of nitrogens with zero attached hydrogens (tertiary/aromatic N) is 1. The predicted molar refractivity (Wildman–Crippen MR) is 101 cm³/mol. The van der Waals surface area contributed by atoms with Gasteiger partial charge in [-0.25, -0.2) is 0 Å². The van der Waals surface area contributed by atoms with Crippen LogP contribution in [0.3, 0.4) is 0 Å². The first-order valence-electron chi connectivity index (χ1n) is 8.23. The number of hydrogen-bond donors (Lipinski definition) is 1. The van der Waals surface area contributed by atoms with Crippen molar-refractivity contribution in [1.82, 2.24) is 5.32 Å². The van der Waals surface area contributed by atoms with Crippen molar-refractivity contribution in [3.63, 3.8) is 0 Å². The fourth-order valence-electron chi connectivity index (χ4n) is 2.75. The Labute approximate surface area is 148 Å². The summed E-state index contributed by atoms with van der Waals surface area (Å²) in [5.74, 6) is 1.59. The van der Waals surface area contributed by atoms with Gasteiger partial charge < -0.3 is 19.7 Å². The van der Waals surface area contributed by atoms with Gasteiger partial charge in [0.05, 0.1) is 0 Å². The lowest BCUT2D eigenvalue weighted by molar-refractivity contribution is 0.174. The molecular formula is C19H22N2O2S. The SMILES string of the molecule is CCN(CC)c1ccc(C(=S)NCc2ccc3c(c2)OCO3)cc1. The van der Waals surface area contributed by atoms with E-state index < -0.39 is 0 Å². The number of fused-ring (bicyclic) bond motifs is 1. The Bertz CT molecular complexity index is 712. The van der Waals surface area contributed by atoms with Gasteiger partial charge in [0.1, 0.15) is 4.99 Å². The van der Waals surface area contributed by atoms with Crippen LogP contribution >= 0.6 is 12.2 Å². The van der Waals surface area contributed by atoms with Gasteiger partial charge in [-0.1, -0.05) is 18.3 Å². The molecule has 2 aromatic carbocycles. The summed E-state index contributed by atoms with van der Waals surface area (Å²) in [6.45, 7) is 7.28. The summed E-state index contributed by atoms with van der Waals surface area (Å²) in [7, 11) is 0. The number of anilines is 1. The van der Waals surface area contributed by atoms with Gasteiger partial charge in [0.2, 0.25) is 6.79 Å². The summed E-state index contributed by atoms with van der Waals surface area (Å²) in [5, 5.41) is 3.30. The lowest BCUT2D eigenvalue weighted by Gasteiger charge is -2.21. The molecule has 0 radical (unpaired) electrons. The van der Waals surface area contributed by atoms with Gasteiger partial charge >= 0.3 is 0 Å². The zero-order valence-corrected chi connectivity index (χ0v) is 14.9. The van der Waals surface area contributed by atoms with Crippen LogP contribution in [-0.2, 0) is 6.54 Å². The Morgan fingerprint density at radius 3 is 2.46 bits per heavy atom. The van der Waals surface area contributed by atoms with Gasteiger partial charge in [0, 0.05) is 30.9 Å². The summed E-state index contributed by atoms with van der Waals surface area (Å²) in [6, 6.07) is 14.3. The van der Waals surface area contributed by atoms with Crippen LogP contribution in [0.2, 0.25) is 0 Å². The van der Waals surface area contributed by atoms with Gasteiger partial charge in [-0.2, -0.15) is 0 Å². The Morgan fingerprint density at radius 1 is 1.04 bits per heavy atom. The number of benzene rings is 2. The van der Waals surface area contributed by atoms with Crippen LogP contribution < -0.4 is 19.7 Å². The average Bonchev–Trinajstić information content (AvgIpc) is 3.09. The molecule has 5 heteroatoms. The molecule has 0 bridgehead atoms. The normalized spacial score (nSPS) is 12.1. The van der Waals surface area contributed by atoms with Crippen molar-refractivity contribution in [2.45, 2.75) is 20.4 Å². The van der Waals surface area contributed by atoms with E-state index in [0.29, 0.717) is 13.3 Å². The van der Waals surface area contributed by atoms with Gasteiger partial charge in [0.25, 0.3) is 0 Å². The second kappa shape index (κ2) is 7.53. The van der Waals surface area contributed by atoms with Crippen LogP contribution in [0.4, 0.5) is 5.69 Å². The fraction of sp³-hybridized carbons (Fsp3) is 0.316. The van der Waals surface area contributed by atoms with E-state index in [4.69, 9.17) is 21.7 Å². The highest BCUT2D eigenvalue weighted by atomic mass is 32.1. The van der Waals surface area contributed by atoms with Crippen molar-refractivity contribution < 1.29 is 9.47 Å². The first-order valence-corrected chi connectivity index (χ1v) is 8.63. The smallest absolute Gasteiger partial charge is 0.231 e. The molecule has 0 fully saturated rings. The van der Waals surface area contributed by atoms with E-state index in [1.807, 2.05) is 18.2 Å². The zero-order chi connectivity index (χ0) is 16.9. The van der Waals surface area contributed by atoms with E-state index in [0.717, 1.165) is 40.7 Å². The Kier molecular flexibility index (Phi) is 5.20. The maximum absolute atomic E-state index is 5.50. The van der Waals surface area contributed by atoms with E-state index in [-0.39, 0.29) is 0 Å². The lowest BCUT2D eigenvalue weighted by Crippen LogP contribution is -2.23. The van der Waals surface area contributed by atoms with E-state index in [1.165, 1.54) is 5.69 Å². The van der Waals surface area contributed by atoms with Crippen LogP contribution in [0.5, 0.6) is 11.5 Å². The molecule has 0 unspecified atom stereocenters. The molecule has 3 rings (SSSR count). The third-order valence-corrected chi connectivity index (χ3v) is 4.53. The van der Waals surface area contributed by atoms with Gasteiger partial charge in [-0.05, 0) is 55.8 Å². The van der Waals surface area contributed by atoms with Gasteiger partial charge in [-0.3, -0.25) is 0 Å². The van der Waals surface area contributed by atoms with Crippen LogP contribution in [-0.4, -0.2) is 24.9 Å². The number of ether oxygens (including phenoxy) is 2. The minimum absolute atomic E-state index is 0.295. The molecule has 0 spiro atoms. The standard InChI is InChI=1S/C19H22N2O2S/c1-3-21(4-2)16-8-6-15(7-9-16)19(24)20-12-14-5-10-17-18(11-14)23-13-22-17/h5-11H,3-4,12-13H2,1-2H3,(H,20,24). The maximum Gasteiger partial charge on any atom is 0.231 e. The van der Waals surface area contributed by atoms with E-state index >= 15 is 0 Å². The van der Waals surface area contributed by atoms with E-state index in [9.17, 15) is 0 Å². The minimum atomic E-state index is 0.295. The molecule has 1 aliphatic rings. The van der Waals surface area contributed by atoms with Crippen molar-refractivity contribution in [1.29, 1.82) is 0 Å². The number of rotatable bonds is 6. The lowest BCUT2D eigenvalue weighted by atomic mass is 10.1. The molecule has 0 saturated carbocycles. The number of hydrogen-bond acceptors (Lipinski definition) is 4. The minimum Gasteiger partial charge on any atom is -0.454 e. The third-order valence-electron chi connectivity index (χ3n) is 4.15. The zero-order valence-electron chi connectivity index (χ0n) is 14.0. The average molecular weight is 342 g/mol. The number of nitrogens with one attached hydrogen (secondary N) is 1. The number of thiocarbonyl (C=S) groups is 1. The summed E-state index contributed by atoms with van der Waals surface area (Å²) in [5.41, 5.74) is 3.37. The molecule has 1 N–H and O–H groups in total. The molecule has 0 saturated heterocycles. The highest BCUT2D eigenvalue weighted by molar-refractivity contribution is 7.80. The van der Waals surface area contributed by atoms with Crippen LogP contribution in [0.15, 0.2) is 42.5 Å². The van der Waals surface area contributed by atoms with Crippen molar-refractivity contribution in [3.05, 3.63) is 53.6 Å². The van der Waals surface area contributed by atoms with Crippen LogP contribution in [0.25, 0.3) is 0 Å². The molecule has 24 heavy (non-hydrogen) atoms. The molecule has 0 amide bonds. The Balaban J connectivity index is 1.60. The second-order valence-corrected chi connectivity index (χ2v) is 6.00. The molecule has 126 valence electrons. The van der Waals surface area contributed by atoms with E-state index in [1.54, 1.807) is 0 Å². The first kappa shape index (κ1) is 16.6. The Morgan fingerprint density at radius 2 is 1.75 bits per heavy atom.